The molecule has 5 heteroatoms. The molecule has 3 heterocycles. The molecule has 0 N–H and O–H groups in total. The van der Waals surface area contributed by atoms with Gasteiger partial charge in [0.15, 0.2) is 0 Å². The molecule has 0 aliphatic rings. The average molecular weight is 328 g/mol. The maximum atomic E-state index is 4.48. The van der Waals surface area contributed by atoms with E-state index in [1.807, 2.05) is 22.7 Å². The fourth-order valence-electron chi connectivity index (χ4n) is 2.37. The van der Waals surface area contributed by atoms with Crippen molar-refractivity contribution in [2.75, 3.05) is 0 Å². The van der Waals surface area contributed by atoms with E-state index in [1.54, 1.807) is 0 Å². The quantitative estimate of drug-likeness (QED) is 0.467. The lowest BCUT2D eigenvalue weighted by atomic mass is 10.1. The Hall–Kier alpha value is -1.56. The zero-order valence-corrected chi connectivity index (χ0v) is 14.0. The van der Waals surface area contributed by atoms with Gasteiger partial charge in [0.05, 0.1) is 11.7 Å². The first kappa shape index (κ1) is 13.1. The predicted molar refractivity (Wildman–Crippen MR) is 93.5 cm³/mol. The van der Waals surface area contributed by atoms with Crippen molar-refractivity contribution in [2.24, 2.45) is 0 Å². The third-order valence-corrected chi connectivity index (χ3v) is 6.32. The molecule has 0 unspecified atom stereocenters. The summed E-state index contributed by atoms with van der Waals surface area (Å²) in [5.74, 6) is 0. The molecule has 3 aromatic heterocycles. The summed E-state index contributed by atoms with van der Waals surface area (Å²) in [6.07, 6.45) is 0. The molecule has 21 heavy (non-hydrogen) atoms. The Balaban J connectivity index is 1.85. The predicted octanol–water partition coefficient (Wildman–Crippen LogP) is 5.77. The van der Waals surface area contributed by atoms with Crippen molar-refractivity contribution in [1.82, 2.24) is 8.75 Å². The second-order valence-corrected chi connectivity index (χ2v) is 7.87. The van der Waals surface area contributed by atoms with Gasteiger partial charge < -0.3 is 0 Å². The molecule has 0 amide bonds. The number of nitrogens with zero attached hydrogens (tertiary/aromatic N) is 2. The number of rotatable bonds is 2. The van der Waals surface area contributed by atoms with Gasteiger partial charge in [0, 0.05) is 25.1 Å². The monoisotopic (exact) mass is 328 g/mol. The Labute approximate surface area is 135 Å². The average Bonchev–Trinajstić information content (AvgIpc) is 3.17. The van der Waals surface area contributed by atoms with E-state index in [4.69, 9.17) is 0 Å². The summed E-state index contributed by atoms with van der Waals surface area (Å²) < 4.78 is 8.89. The van der Waals surface area contributed by atoms with E-state index in [0.717, 1.165) is 11.0 Å². The Kier molecular flexibility index (Phi) is 3.14. The smallest absolute Gasteiger partial charge is 0.113 e. The highest BCUT2D eigenvalue weighted by Gasteiger charge is 2.12. The van der Waals surface area contributed by atoms with Gasteiger partial charge in [-0.25, -0.2) is 0 Å². The SMILES string of the molecule is Cc1ccc(-c2ccc(-c3ccc(C)c4nsnc34)s2)s1. The van der Waals surface area contributed by atoms with Gasteiger partial charge in [0.2, 0.25) is 0 Å². The molecule has 0 fully saturated rings. The Morgan fingerprint density at radius 1 is 0.714 bits per heavy atom. The Bertz CT molecular complexity index is 930. The molecule has 0 saturated heterocycles. The lowest BCUT2D eigenvalue weighted by molar-refractivity contribution is 1.48. The van der Waals surface area contributed by atoms with E-state index in [-0.39, 0.29) is 0 Å². The third kappa shape index (κ3) is 2.21. The van der Waals surface area contributed by atoms with Crippen LogP contribution in [0.4, 0.5) is 0 Å². The maximum absolute atomic E-state index is 4.48. The molecular weight excluding hydrogens is 316 g/mol. The topological polar surface area (TPSA) is 25.8 Å². The number of fused-ring (bicyclic) bond motifs is 1. The van der Waals surface area contributed by atoms with Gasteiger partial charge >= 0.3 is 0 Å². The van der Waals surface area contributed by atoms with Gasteiger partial charge in [0.25, 0.3) is 0 Å². The van der Waals surface area contributed by atoms with E-state index >= 15 is 0 Å². The number of aryl methyl sites for hydroxylation is 2. The van der Waals surface area contributed by atoms with Crippen molar-refractivity contribution in [3.05, 3.63) is 46.8 Å². The molecule has 0 atom stereocenters. The van der Waals surface area contributed by atoms with Crippen molar-refractivity contribution in [3.63, 3.8) is 0 Å². The molecule has 0 aliphatic heterocycles. The Morgan fingerprint density at radius 2 is 1.43 bits per heavy atom. The van der Waals surface area contributed by atoms with Crippen molar-refractivity contribution >= 4 is 45.4 Å². The van der Waals surface area contributed by atoms with Crippen LogP contribution in [0, 0.1) is 13.8 Å². The molecule has 0 bridgehead atoms. The summed E-state index contributed by atoms with van der Waals surface area (Å²) in [6, 6.07) is 13.1. The van der Waals surface area contributed by atoms with Crippen molar-refractivity contribution < 1.29 is 0 Å². The molecule has 0 spiro atoms. The van der Waals surface area contributed by atoms with Crippen LogP contribution in [0.5, 0.6) is 0 Å². The first-order valence-corrected chi connectivity index (χ1v) is 8.97. The highest BCUT2D eigenvalue weighted by atomic mass is 32.1. The molecule has 2 nitrogen and oxygen atoms in total. The molecular formula is C16H12N2S3. The molecule has 104 valence electrons. The lowest BCUT2D eigenvalue weighted by Crippen LogP contribution is -1.80. The molecule has 0 aliphatic carbocycles. The van der Waals surface area contributed by atoms with Crippen LogP contribution < -0.4 is 0 Å². The van der Waals surface area contributed by atoms with Gasteiger partial charge in [-0.1, -0.05) is 12.1 Å². The standard InChI is InChI=1S/C16H12N2S3/c1-9-3-5-11(16-15(9)17-21-18-16)12-7-8-14(20-12)13-6-4-10(2)19-13/h3-8H,1-2H3. The van der Waals surface area contributed by atoms with Gasteiger partial charge in [-0.15, -0.1) is 22.7 Å². The molecule has 1 aromatic carbocycles. The Morgan fingerprint density at radius 3 is 2.24 bits per heavy atom. The minimum absolute atomic E-state index is 1.02. The highest BCUT2D eigenvalue weighted by molar-refractivity contribution is 7.23. The summed E-state index contributed by atoms with van der Waals surface area (Å²) >= 11 is 4.95. The van der Waals surface area contributed by atoms with Crippen LogP contribution in [-0.2, 0) is 0 Å². The first-order valence-electron chi connectivity index (χ1n) is 6.61. The number of hydrogen-bond acceptors (Lipinski definition) is 5. The zero-order chi connectivity index (χ0) is 14.4. The fourth-order valence-corrected chi connectivity index (χ4v) is 4.98. The van der Waals surface area contributed by atoms with Crippen LogP contribution in [0.2, 0.25) is 0 Å². The van der Waals surface area contributed by atoms with Crippen LogP contribution in [0.3, 0.4) is 0 Å². The minimum atomic E-state index is 1.02. The largest absolute Gasteiger partial charge is 0.173 e. The summed E-state index contributed by atoms with van der Waals surface area (Å²) in [7, 11) is 0. The van der Waals surface area contributed by atoms with E-state index < -0.39 is 0 Å². The second kappa shape index (κ2) is 5.02. The van der Waals surface area contributed by atoms with Crippen LogP contribution in [0.25, 0.3) is 31.2 Å². The molecule has 4 aromatic rings. The third-order valence-electron chi connectivity index (χ3n) is 3.47. The van der Waals surface area contributed by atoms with Crippen LogP contribution in [0.1, 0.15) is 10.4 Å². The van der Waals surface area contributed by atoms with Crippen molar-refractivity contribution in [3.8, 4) is 20.2 Å². The molecule has 0 radical (unpaired) electrons. The summed E-state index contributed by atoms with van der Waals surface area (Å²) in [5.41, 5.74) is 4.43. The maximum Gasteiger partial charge on any atom is 0.113 e. The van der Waals surface area contributed by atoms with Crippen LogP contribution >= 0.6 is 34.4 Å². The summed E-state index contributed by atoms with van der Waals surface area (Å²) in [5, 5.41) is 0. The normalized spacial score (nSPS) is 11.3. The summed E-state index contributed by atoms with van der Waals surface area (Å²) in [4.78, 5) is 5.26. The number of aromatic nitrogens is 2. The van der Waals surface area contributed by atoms with E-state index in [2.05, 4.69) is 59.0 Å². The van der Waals surface area contributed by atoms with Gasteiger partial charge in [-0.05, 0) is 43.7 Å². The number of hydrogen-bond donors (Lipinski definition) is 0. The number of thiophene rings is 2. The van der Waals surface area contributed by atoms with Crippen molar-refractivity contribution in [1.29, 1.82) is 0 Å². The second-order valence-electron chi connectivity index (χ2n) is 4.97. The zero-order valence-electron chi connectivity index (χ0n) is 11.6. The van der Waals surface area contributed by atoms with Gasteiger partial charge in [-0.2, -0.15) is 8.75 Å². The first-order chi connectivity index (χ1) is 10.2. The lowest BCUT2D eigenvalue weighted by Gasteiger charge is -2.00. The highest BCUT2D eigenvalue weighted by Crippen LogP contribution is 2.39. The fraction of sp³-hybridized carbons (Fsp3) is 0.125. The molecule has 4 rings (SSSR count). The summed E-state index contributed by atoms with van der Waals surface area (Å²) in [6.45, 7) is 4.23. The van der Waals surface area contributed by atoms with Crippen LogP contribution in [-0.4, -0.2) is 8.75 Å². The van der Waals surface area contributed by atoms with E-state index in [9.17, 15) is 0 Å². The minimum Gasteiger partial charge on any atom is -0.173 e. The van der Waals surface area contributed by atoms with Gasteiger partial charge in [-0.3, -0.25) is 0 Å². The molecule has 0 saturated carbocycles. The number of benzene rings is 1. The van der Waals surface area contributed by atoms with Crippen LogP contribution in [0.15, 0.2) is 36.4 Å². The van der Waals surface area contributed by atoms with E-state index in [0.29, 0.717) is 0 Å². The van der Waals surface area contributed by atoms with Gasteiger partial charge in [0.1, 0.15) is 11.0 Å². The van der Waals surface area contributed by atoms with E-state index in [1.165, 1.54) is 42.4 Å². The van der Waals surface area contributed by atoms with Crippen molar-refractivity contribution in [2.45, 2.75) is 13.8 Å².